The number of hydrogen-bond donors (Lipinski definition) is 0. The van der Waals surface area contributed by atoms with Crippen LogP contribution in [0.2, 0.25) is 0 Å². The van der Waals surface area contributed by atoms with Gasteiger partial charge in [0.25, 0.3) is 0 Å². The molecule has 0 bridgehead atoms. The van der Waals surface area contributed by atoms with E-state index in [0.29, 0.717) is 19.7 Å². The molecule has 0 aromatic heterocycles. The van der Waals surface area contributed by atoms with Gasteiger partial charge in [-0.25, -0.2) is 0 Å². The van der Waals surface area contributed by atoms with Crippen molar-refractivity contribution >= 4 is 21.8 Å². The van der Waals surface area contributed by atoms with Crippen LogP contribution in [0.5, 0.6) is 0 Å². The van der Waals surface area contributed by atoms with Crippen molar-refractivity contribution in [3.8, 4) is 0 Å². The summed E-state index contributed by atoms with van der Waals surface area (Å²) in [6.07, 6.45) is 0. The first kappa shape index (κ1) is 11.0. The van der Waals surface area contributed by atoms with Gasteiger partial charge in [-0.2, -0.15) is 0 Å². The first-order valence-electron chi connectivity index (χ1n) is 4.49. The smallest absolute Gasteiger partial charge is 0.236 e. The van der Waals surface area contributed by atoms with Crippen LogP contribution < -0.4 is 0 Å². The molecule has 0 saturated carbocycles. The van der Waals surface area contributed by atoms with Gasteiger partial charge in [0.15, 0.2) is 0 Å². The van der Waals surface area contributed by atoms with Crippen molar-refractivity contribution in [1.29, 1.82) is 0 Å². The molecule has 1 heterocycles. The van der Waals surface area contributed by atoms with Crippen LogP contribution in [-0.4, -0.2) is 40.9 Å². The lowest BCUT2D eigenvalue weighted by atomic mass is 10.1. The molecular formula is C9H16BrNO2. The molecule has 1 fully saturated rings. The highest BCUT2D eigenvalue weighted by Crippen LogP contribution is 2.18. The molecule has 76 valence electrons. The lowest BCUT2D eigenvalue weighted by molar-refractivity contribution is -0.144. The van der Waals surface area contributed by atoms with Crippen LogP contribution in [0.4, 0.5) is 0 Å². The van der Waals surface area contributed by atoms with Gasteiger partial charge in [-0.1, -0.05) is 15.9 Å². The SMILES string of the molecule is CC(Br)C(=O)N1CCOC(C)(C)C1. The molecule has 1 saturated heterocycles. The van der Waals surface area contributed by atoms with Crippen molar-refractivity contribution < 1.29 is 9.53 Å². The van der Waals surface area contributed by atoms with Crippen LogP contribution >= 0.6 is 15.9 Å². The van der Waals surface area contributed by atoms with Crippen molar-refractivity contribution in [2.24, 2.45) is 0 Å². The molecule has 1 atom stereocenters. The number of alkyl halides is 1. The summed E-state index contributed by atoms with van der Waals surface area (Å²) in [6, 6.07) is 0. The standard InChI is InChI=1S/C9H16BrNO2/c1-7(10)8(12)11-4-5-13-9(2,3)6-11/h7H,4-6H2,1-3H3. The van der Waals surface area contributed by atoms with Gasteiger partial charge in [0, 0.05) is 13.1 Å². The second-order valence-corrected chi connectivity index (χ2v) is 5.36. The summed E-state index contributed by atoms with van der Waals surface area (Å²) in [5, 5.41) is 0. The molecule has 13 heavy (non-hydrogen) atoms. The highest BCUT2D eigenvalue weighted by atomic mass is 79.9. The number of carbonyl (C=O) groups is 1. The summed E-state index contributed by atoms with van der Waals surface area (Å²) in [7, 11) is 0. The molecular weight excluding hydrogens is 234 g/mol. The zero-order valence-corrected chi connectivity index (χ0v) is 9.93. The second-order valence-electron chi connectivity index (χ2n) is 3.98. The maximum absolute atomic E-state index is 11.6. The fourth-order valence-electron chi connectivity index (χ4n) is 1.46. The first-order valence-corrected chi connectivity index (χ1v) is 5.41. The van der Waals surface area contributed by atoms with E-state index < -0.39 is 0 Å². The fourth-order valence-corrected chi connectivity index (χ4v) is 1.75. The molecule has 0 aliphatic carbocycles. The van der Waals surface area contributed by atoms with E-state index in [1.165, 1.54) is 0 Å². The van der Waals surface area contributed by atoms with E-state index in [-0.39, 0.29) is 16.3 Å². The van der Waals surface area contributed by atoms with Crippen molar-refractivity contribution in [1.82, 2.24) is 4.90 Å². The zero-order chi connectivity index (χ0) is 10.1. The molecule has 0 N–H and O–H groups in total. The molecule has 1 aliphatic heterocycles. The second kappa shape index (κ2) is 3.96. The van der Waals surface area contributed by atoms with Crippen molar-refractivity contribution in [3.05, 3.63) is 0 Å². The van der Waals surface area contributed by atoms with E-state index in [2.05, 4.69) is 15.9 Å². The fraction of sp³-hybridized carbons (Fsp3) is 0.889. The summed E-state index contributed by atoms with van der Waals surface area (Å²) in [5.41, 5.74) is -0.199. The Morgan fingerprint density at radius 1 is 1.62 bits per heavy atom. The Morgan fingerprint density at radius 3 is 2.69 bits per heavy atom. The summed E-state index contributed by atoms with van der Waals surface area (Å²) in [6.45, 7) is 7.89. The number of halogens is 1. The quantitative estimate of drug-likeness (QED) is 0.658. The Labute approximate surface area is 87.6 Å². The van der Waals surface area contributed by atoms with Crippen LogP contribution in [0.1, 0.15) is 20.8 Å². The van der Waals surface area contributed by atoms with Crippen LogP contribution in [0, 0.1) is 0 Å². The van der Waals surface area contributed by atoms with E-state index in [1.807, 2.05) is 25.7 Å². The number of morpholine rings is 1. The molecule has 1 aliphatic rings. The van der Waals surface area contributed by atoms with Crippen molar-refractivity contribution in [2.45, 2.75) is 31.2 Å². The summed E-state index contributed by atoms with van der Waals surface area (Å²) >= 11 is 3.28. The van der Waals surface area contributed by atoms with Gasteiger partial charge in [0.05, 0.1) is 17.0 Å². The number of amides is 1. The Hall–Kier alpha value is -0.0900. The molecule has 1 amide bonds. The third kappa shape index (κ3) is 2.95. The molecule has 3 nitrogen and oxygen atoms in total. The number of carbonyl (C=O) groups excluding carboxylic acids is 1. The minimum atomic E-state index is -0.199. The van der Waals surface area contributed by atoms with E-state index >= 15 is 0 Å². The van der Waals surface area contributed by atoms with Gasteiger partial charge in [-0.15, -0.1) is 0 Å². The normalized spacial score (nSPS) is 24.2. The number of nitrogens with zero attached hydrogens (tertiary/aromatic N) is 1. The minimum Gasteiger partial charge on any atom is -0.372 e. The van der Waals surface area contributed by atoms with E-state index in [0.717, 1.165) is 0 Å². The number of rotatable bonds is 1. The van der Waals surface area contributed by atoms with Crippen molar-refractivity contribution in [2.75, 3.05) is 19.7 Å². The summed E-state index contributed by atoms with van der Waals surface area (Å²) < 4.78 is 5.52. The summed E-state index contributed by atoms with van der Waals surface area (Å²) in [4.78, 5) is 13.4. The largest absolute Gasteiger partial charge is 0.372 e. The molecule has 0 radical (unpaired) electrons. The molecule has 1 rings (SSSR count). The highest BCUT2D eigenvalue weighted by Gasteiger charge is 2.30. The van der Waals surface area contributed by atoms with Crippen LogP contribution in [0.15, 0.2) is 0 Å². The Bertz CT molecular complexity index is 204. The van der Waals surface area contributed by atoms with E-state index in [4.69, 9.17) is 4.74 Å². The highest BCUT2D eigenvalue weighted by molar-refractivity contribution is 9.10. The lowest BCUT2D eigenvalue weighted by Gasteiger charge is -2.38. The first-order chi connectivity index (χ1) is 5.92. The minimum absolute atomic E-state index is 0.0959. The number of ether oxygens (including phenoxy) is 1. The van der Waals surface area contributed by atoms with Gasteiger partial charge in [-0.05, 0) is 20.8 Å². The van der Waals surface area contributed by atoms with Gasteiger partial charge >= 0.3 is 0 Å². The summed E-state index contributed by atoms with van der Waals surface area (Å²) in [5.74, 6) is 0.149. The van der Waals surface area contributed by atoms with Gasteiger partial charge < -0.3 is 9.64 Å². The third-order valence-corrected chi connectivity index (χ3v) is 2.47. The lowest BCUT2D eigenvalue weighted by Crippen LogP contribution is -2.52. The number of hydrogen-bond acceptors (Lipinski definition) is 2. The van der Waals surface area contributed by atoms with Crippen LogP contribution in [-0.2, 0) is 9.53 Å². The predicted molar refractivity (Wildman–Crippen MR) is 55.0 cm³/mol. The van der Waals surface area contributed by atoms with Gasteiger partial charge in [-0.3, -0.25) is 4.79 Å². The molecule has 0 aromatic rings. The van der Waals surface area contributed by atoms with Gasteiger partial charge in [0.1, 0.15) is 0 Å². The molecule has 0 aromatic carbocycles. The van der Waals surface area contributed by atoms with E-state index in [9.17, 15) is 4.79 Å². The van der Waals surface area contributed by atoms with E-state index in [1.54, 1.807) is 0 Å². The predicted octanol–water partition coefficient (Wildman–Crippen LogP) is 1.41. The monoisotopic (exact) mass is 249 g/mol. The Balaban J connectivity index is 2.57. The Kier molecular flexibility index (Phi) is 3.35. The zero-order valence-electron chi connectivity index (χ0n) is 8.34. The maximum Gasteiger partial charge on any atom is 0.236 e. The molecule has 1 unspecified atom stereocenters. The molecule has 4 heteroatoms. The average Bonchev–Trinajstić information content (AvgIpc) is 2.01. The van der Waals surface area contributed by atoms with Crippen LogP contribution in [0.25, 0.3) is 0 Å². The topological polar surface area (TPSA) is 29.5 Å². The van der Waals surface area contributed by atoms with Crippen LogP contribution in [0.3, 0.4) is 0 Å². The molecule has 0 spiro atoms. The average molecular weight is 250 g/mol. The third-order valence-electron chi connectivity index (χ3n) is 2.08. The van der Waals surface area contributed by atoms with Gasteiger partial charge in [0.2, 0.25) is 5.91 Å². The van der Waals surface area contributed by atoms with Crippen molar-refractivity contribution in [3.63, 3.8) is 0 Å². The Morgan fingerprint density at radius 2 is 2.23 bits per heavy atom. The maximum atomic E-state index is 11.6.